The van der Waals surface area contributed by atoms with Crippen molar-refractivity contribution in [1.29, 1.82) is 0 Å². The van der Waals surface area contributed by atoms with E-state index in [0.29, 0.717) is 0 Å². The van der Waals surface area contributed by atoms with Gasteiger partial charge in [0.1, 0.15) is 0 Å². The number of aliphatic hydroxyl groups is 4. The van der Waals surface area contributed by atoms with Crippen LogP contribution in [0.3, 0.4) is 0 Å². The first-order valence-electron chi connectivity index (χ1n) is 6.12. The molecule has 8 nitrogen and oxygen atoms in total. The van der Waals surface area contributed by atoms with Crippen molar-refractivity contribution >= 4 is 11.9 Å². The number of hydrogen-bond acceptors (Lipinski definition) is 8. The quantitative estimate of drug-likeness (QED) is 0.324. The van der Waals surface area contributed by atoms with Crippen molar-refractivity contribution in [2.75, 3.05) is 26.4 Å². The second kappa shape index (κ2) is 11.9. The van der Waals surface area contributed by atoms with E-state index in [4.69, 9.17) is 20.4 Å². The summed E-state index contributed by atoms with van der Waals surface area (Å²) >= 11 is 0. The molecule has 128 valence electrons. The molecule has 0 aromatic rings. The Bertz CT molecular complexity index is 253. The minimum atomic E-state index is -1.46. The monoisotopic (exact) mass is 352 g/mol. The normalized spacial score (nSPS) is 11.0. The summed E-state index contributed by atoms with van der Waals surface area (Å²) in [6.07, 6.45) is 0.338. The summed E-state index contributed by atoms with van der Waals surface area (Å²) in [6.45, 7) is 0.819. The maximum absolute atomic E-state index is 10.3. The van der Waals surface area contributed by atoms with E-state index in [-0.39, 0.29) is 29.3 Å². The van der Waals surface area contributed by atoms with Crippen molar-refractivity contribution in [1.82, 2.24) is 0 Å². The average molecular weight is 353 g/mol. The molecule has 0 aromatic carbocycles. The first kappa shape index (κ1) is 25.2. The zero-order valence-corrected chi connectivity index (χ0v) is 13.0. The first-order chi connectivity index (χ1) is 9.25. The van der Waals surface area contributed by atoms with Gasteiger partial charge in [0, 0.05) is 0 Å². The van der Waals surface area contributed by atoms with E-state index in [1.807, 2.05) is 0 Å². The van der Waals surface area contributed by atoms with Gasteiger partial charge in [-0.05, 0) is 12.8 Å². The molecule has 0 aliphatic heterocycles. The Labute approximate surface area is 133 Å². The minimum Gasteiger partial charge on any atom is -0.549 e. The van der Waals surface area contributed by atoms with Crippen LogP contribution in [-0.4, -0.2) is 58.8 Å². The smallest absolute Gasteiger partial charge is 0.549 e. The first-order valence-corrected chi connectivity index (χ1v) is 6.12. The van der Waals surface area contributed by atoms with Gasteiger partial charge in [-0.3, -0.25) is 0 Å². The van der Waals surface area contributed by atoms with Gasteiger partial charge in [-0.1, -0.05) is 13.8 Å². The molecule has 0 amide bonds. The maximum Gasteiger partial charge on any atom is 2.00 e. The molecule has 4 N–H and O–H groups in total. The number of aliphatic carboxylic acids is 2. The summed E-state index contributed by atoms with van der Waals surface area (Å²) in [7, 11) is 0. The van der Waals surface area contributed by atoms with Gasteiger partial charge in [-0.25, -0.2) is 0 Å². The van der Waals surface area contributed by atoms with Gasteiger partial charge in [0.25, 0.3) is 0 Å². The van der Waals surface area contributed by atoms with Crippen LogP contribution in [0.5, 0.6) is 0 Å². The van der Waals surface area contributed by atoms with E-state index in [2.05, 4.69) is 0 Å². The van der Waals surface area contributed by atoms with Gasteiger partial charge in [0.05, 0.1) is 49.2 Å². The van der Waals surface area contributed by atoms with Crippen molar-refractivity contribution in [2.24, 2.45) is 10.8 Å². The van der Waals surface area contributed by atoms with Crippen LogP contribution in [0.2, 0.25) is 0 Å². The fraction of sp³-hybridized carbons (Fsp3) is 0.833. The largest absolute Gasteiger partial charge is 2.00 e. The Morgan fingerprint density at radius 3 is 0.952 bits per heavy atom. The fourth-order valence-electron chi connectivity index (χ4n) is 1.09. The van der Waals surface area contributed by atoms with Crippen molar-refractivity contribution in [3.05, 3.63) is 0 Å². The standard InChI is InChI=1S/2C6H12O4.Ni/c2*1-2-6(3-7,4-8)5(9)10;/h2*7-8H,2-4H2,1H3,(H,9,10);/q;;+2/p-2. The molecule has 0 rings (SSSR count). The second-order valence-corrected chi connectivity index (χ2v) is 4.48. The molecule has 9 heteroatoms. The Hall–Kier alpha value is -0.726. The zero-order valence-electron chi connectivity index (χ0n) is 12.0. The molecule has 0 aromatic heterocycles. The number of carboxylic acids is 2. The second-order valence-electron chi connectivity index (χ2n) is 4.48. The summed E-state index contributed by atoms with van der Waals surface area (Å²) in [6, 6.07) is 0. The van der Waals surface area contributed by atoms with Crippen LogP contribution in [0.1, 0.15) is 26.7 Å². The molecule has 0 aliphatic rings. The number of aliphatic hydroxyl groups excluding tert-OH is 4. The van der Waals surface area contributed by atoms with Gasteiger partial charge in [-0.15, -0.1) is 0 Å². The Kier molecular flexibility index (Phi) is 14.3. The average Bonchev–Trinajstić information content (AvgIpc) is 2.44. The van der Waals surface area contributed by atoms with E-state index >= 15 is 0 Å². The van der Waals surface area contributed by atoms with Crippen LogP contribution in [0.4, 0.5) is 0 Å². The van der Waals surface area contributed by atoms with E-state index in [1.165, 1.54) is 0 Å². The summed E-state index contributed by atoms with van der Waals surface area (Å²) in [5.41, 5.74) is -2.92. The van der Waals surface area contributed by atoms with E-state index in [1.54, 1.807) is 13.8 Å². The van der Waals surface area contributed by atoms with Gasteiger partial charge < -0.3 is 40.2 Å². The predicted octanol–water partition coefficient (Wildman–Crippen LogP) is -3.77. The van der Waals surface area contributed by atoms with Crippen LogP contribution in [0, 0.1) is 10.8 Å². The van der Waals surface area contributed by atoms with Crippen LogP contribution in [-0.2, 0) is 26.1 Å². The summed E-state index contributed by atoms with van der Waals surface area (Å²) in [4.78, 5) is 20.6. The van der Waals surface area contributed by atoms with Crippen molar-refractivity contribution in [3.8, 4) is 0 Å². The van der Waals surface area contributed by atoms with Crippen LogP contribution >= 0.6 is 0 Å². The van der Waals surface area contributed by atoms with E-state index in [0.717, 1.165) is 0 Å². The molecule has 0 atom stereocenters. The Morgan fingerprint density at radius 2 is 0.952 bits per heavy atom. The molecular weight excluding hydrogens is 331 g/mol. The number of hydrogen-bond donors (Lipinski definition) is 4. The molecule has 0 unspecified atom stereocenters. The topological polar surface area (TPSA) is 161 Å². The minimum absolute atomic E-state index is 0. The van der Waals surface area contributed by atoms with Crippen LogP contribution in [0.25, 0.3) is 0 Å². The van der Waals surface area contributed by atoms with Crippen LogP contribution < -0.4 is 10.2 Å². The molecule has 21 heavy (non-hydrogen) atoms. The number of carbonyl (C=O) groups excluding carboxylic acids is 2. The number of rotatable bonds is 8. The van der Waals surface area contributed by atoms with Gasteiger partial charge in [0.2, 0.25) is 0 Å². The summed E-state index contributed by atoms with van der Waals surface area (Å²) in [5.74, 6) is -2.81. The van der Waals surface area contributed by atoms with Gasteiger partial charge >= 0.3 is 16.5 Å². The molecule has 0 saturated carbocycles. The fourth-order valence-corrected chi connectivity index (χ4v) is 1.09. The third kappa shape index (κ3) is 6.71. The van der Waals surface area contributed by atoms with Gasteiger partial charge in [0.15, 0.2) is 0 Å². The molecule has 0 fully saturated rings. The molecule has 0 heterocycles. The summed E-state index contributed by atoms with van der Waals surface area (Å²) < 4.78 is 0. The molecule has 0 saturated heterocycles. The Balaban J connectivity index is -0.000000295. The third-order valence-corrected chi connectivity index (χ3v) is 3.43. The predicted molar refractivity (Wildman–Crippen MR) is 63.8 cm³/mol. The summed E-state index contributed by atoms with van der Waals surface area (Å²) in [5, 5.41) is 54.8. The van der Waals surface area contributed by atoms with E-state index in [9.17, 15) is 19.8 Å². The molecule has 0 spiro atoms. The zero-order chi connectivity index (χ0) is 16.4. The van der Waals surface area contributed by atoms with Crippen molar-refractivity contribution < 1.29 is 56.7 Å². The molecule has 0 bridgehead atoms. The van der Waals surface area contributed by atoms with Crippen LogP contribution in [0.15, 0.2) is 0 Å². The number of carbonyl (C=O) groups is 2. The van der Waals surface area contributed by atoms with Gasteiger partial charge in [-0.2, -0.15) is 0 Å². The number of carboxylic acid groups (broad SMARTS) is 2. The van der Waals surface area contributed by atoms with Crippen molar-refractivity contribution in [2.45, 2.75) is 26.7 Å². The molecule has 0 aliphatic carbocycles. The molecular formula is C12H22NiO8. The van der Waals surface area contributed by atoms with E-state index < -0.39 is 49.2 Å². The molecule has 0 radical (unpaired) electrons. The SMILES string of the molecule is CCC(CO)(CO)C(=O)[O-].CCC(CO)(CO)C(=O)[O-].[Ni+2]. The van der Waals surface area contributed by atoms with Crippen molar-refractivity contribution in [3.63, 3.8) is 0 Å². The third-order valence-electron chi connectivity index (χ3n) is 3.43. The Morgan fingerprint density at radius 1 is 0.762 bits per heavy atom. The maximum atomic E-state index is 10.3.